The second-order valence-electron chi connectivity index (χ2n) is 5.12. The highest BCUT2D eigenvalue weighted by molar-refractivity contribution is 7.89. The van der Waals surface area contributed by atoms with Crippen LogP contribution in [-0.2, 0) is 21.0 Å². The number of thiazole rings is 1. The van der Waals surface area contributed by atoms with Crippen LogP contribution in [0.25, 0.3) is 0 Å². The van der Waals surface area contributed by atoms with Gasteiger partial charge in [0.15, 0.2) is 5.13 Å². The van der Waals surface area contributed by atoms with E-state index in [0.717, 1.165) is 23.5 Å². The Kier molecular flexibility index (Phi) is 5.49. The van der Waals surface area contributed by atoms with Gasteiger partial charge in [-0.1, -0.05) is 12.1 Å². The number of hydrogen-bond acceptors (Lipinski definition) is 5. The maximum atomic E-state index is 13.0. The van der Waals surface area contributed by atoms with Crippen LogP contribution in [0.5, 0.6) is 0 Å². The van der Waals surface area contributed by atoms with Gasteiger partial charge < -0.3 is 5.32 Å². The summed E-state index contributed by atoms with van der Waals surface area (Å²) in [5.41, 5.74) is -0.627. The molecule has 0 saturated carbocycles. The predicted octanol–water partition coefficient (Wildman–Crippen LogP) is 2.78. The highest BCUT2D eigenvalue weighted by Crippen LogP contribution is 2.33. The Labute approximate surface area is 146 Å². The van der Waals surface area contributed by atoms with Crippen LogP contribution in [0.2, 0.25) is 0 Å². The van der Waals surface area contributed by atoms with Crippen LogP contribution in [0.4, 0.5) is 18.3 Å². The minimum Gasteiger partial charge on any atom is -0.301 e. The average molecular weight is 393 g/mol. The minimum atomic E-state index is -4.84. The topological polar surface area (TPSA) is 88.2 Å². The third kappa shape index (κ3) is 4.77. The largest absolute Gasteiger partial charge is 0.417 e. The molecule has 1 unspecified atom stereocenters. The SMILES string of the molecule is Cc1csc(NC(=O)C(C)NS(=O)(=O)c2ccccc2C(F)(F)F)n1. The smallest absolute Gasteiger partial charge is 0.301 e. The number of aryl methyl sites for hydroxylation is 1. The first-order chi connectivity index (χ1) is 11.5. The summed E-state index contributed by atoms with van der Waals surface area (Å²) in [6.45, 7) is 2.94. The Hall–Kier alpha value is -1.98. The highest BCUT2D eigenvalue weighted by Gasteiger charge is 2.37. The molecule has 1 aromatic carbocycles. The number of rotatable bonds is 5. The number of nitrogens with one attached hydrogen (secondary N) is 2. The predicted molar refractivity (Wildman–Crippen MR) is 86.7 cm³/mol. The van der Waals surface area contributed by atoms with Crippen molar-refractivity contribution in [2.75, 3.05) is 5.32 Å². The van der Waals surface area contributed by atoms with Crippen molar-refractivity contribution in [2.24, 2.45) is 0 Å². The van der Waals surface area contributed by atoms with E-state index in [1.165, 1.54) is 13.0 Å². The fourth-order valence-electron chi connectivity index (χ4n) is 1.91. The zero-order chi connectivity index (χ0) is 18.8. The Morgan fingerprint density at radius 1 is 1.28 bits per heavy atom. The number of aromatic nitrogens is 1. The quantitative estimate of drug-likeness (QED) is 0.818. The van der Waals surface area contributed by atoms with Gasteiger partial charge in [0.2, 0.25) is 15.9 Å². The van der Waals surface area contributed by atoms with Crippen molar-refractivity contribution in [1.29, 1.82) is 0 Å². The molecule has 0 aliphatic carbocycles. The van der Waals surface area contributed by atoms with Crippen LogP contribution >= 0.6 is 11.3 Å². The maximum absolute atomic E-state index is 13.0. The van der Waals surface area contributed by atoms with Gasteiger partial charge in [-0.2, -0.15) is 17.9 Å². The molecular weight excluding hydrogens is 379 g/mol. The zero-order valence-corrected chi connectivity index (χ0v) is 14.7. The molecule has 1 atom stereocenters. The number of anilines is 1. The molecule has 0 aliphatic heterocycles. The molecule has 136 valence electrons. The number of carbonyl (C=O) groups excluding carboxylic acids is 1. The molecule has 0 radical (unpaired) electrons. The summed E-state index contributed by atoms with van der Waals surface area (Å²) in [6.07, 6.45) is -4.84. The van der Waals surface area contributed by atoms with Crippen molar-refractivity contribution in [2.45, 2.75) is 31.0 Å². The van der Waals surface area contributed by atoms with Crippen LogP contribution in [0, 0.1) is 6.92 Å². The van der Waals surface area contributed by atoms with Gasteiger partial charge in [-0.3, -0.25) is 4.79 Å². The Morgan fingerprint density at radius 3 is 2.48 bits per heavy atom. The standard InChI is InChI=1S/C14H14F3N3O3S2/c1-8-7-24-13(18-8)19-12(21)9(2)20-25(22,23)11-6-4-3-5-10(11)14(15,16)17/h3-7,9,20H,1-2H3,(H,18,19,21). The molecule has 2 N–H and O–H groups in total. The molecule has 0 spiro atoms. The van der Waals surface area contributed by atoms with Crippen LogP contribution in [0.15, 0.2) is 34.5 Å². The number of alkyl halides is 3. The first-order valence-corrected chi connectivity index (χ1v) is 9.28. The molecule has 0 aliphatic rings. The number of benzene rings is 1. The molecule has 2 aromatic rings. The number of carbonyl (C=O) groups is 1. The van der Waals surface area contributed by atoms with Gasteiger partial charge in [0.05, 0.1) is 22.2 Å². The molecule has 1 heterocycles. The van der Waals surface area contributed by atoms with Gasteiger partial charge >= 0.3 is 6.18 Å². The lowest BCUT2D eigenvalue weighted by atomic mass is 10.2. The monoisotopic (exact) mass is 393 g/mol. The van der Waals surface area contributed by atoms with Crippen LogP contribution < -0.4 is 10.0 Å². The van der Waals surface area contributed by atoms with Gasteiger partial charge in [0.1, 0.15) is 0 Å². The molecule has 0 fully saturated rings. The van der Waals surface area contributed by atoms with E-state index in [0.29, 0.717) is 11.8 Å². The molecule has 11 heteroatoms. The number of sulfonamides is 1. The molecule has 2 rings (SSSR count). The van der Waals surface area contributed by atoms with E-state index >= 15 is 0 Å². The van der Waals surface area contributed by atoms with E-state index in [4.69, 9.17) is 0 Å². The van der Waals surface area contributed by atoms with E-state index < -0.39 is 38.6 Å². The van der Waals surface area contributed by atoms with Gasteiger partial charge in [-0.25, -0.2) is 13.4 Å². The van der Waals surface area contributed by atoms with E-state index in [9.17, 15) is 26.4 Å². The van der Waals surface area contributed by atoms with Crippen molar-refractivity contribution < 1.29 is 26.4 Å². The lowest BCUT2D eigenvalue weighted by Crippen LogP contribution is -2.42. The molecule has 6 nitrogen and oxygen atoms in total. The summed E-state index contributed by atoms with van der Waals surface area (Å²) >= 11 is 1.15. The first-order valence-electron chi connectivity index (χ1n) is 6.92. The maximum Gasteiger partial charge on any atom is 0.417 e. The van der Waals surface area contributed by atoms with Gasteiger partial charge in [0.25, 0.3) is 0 Å². The summed E-state index contributed by atoms with van der Waals surface area (Å²) in [6, 6.07) is 2.46. The summed E-state index contributed by atoms with van der Waals surface area (Å²) in [4.78, 5) is 15.1. The van der Waals surface area contributed by atoms with Gasteiger partial charge in [-0.15, -0.1) is 11.3 Å². The Balaban J connectivity index is 2.20. The molecular formula is C14H14F3N3O3S2. The second kappa shape index (κ2) is 7.10. The second-order valence-corrected chi connectivity index (χ2v) is 7.66. The molecule has 0 bridgehead atoms. The lowest BCUT2D eigenvalue weighted by molar-refractivity contribution is -0.139. The van der Waals surface area contributed by atoms with Crippen molar-refractivity contribution in [3.8, 4) is 0 Å². The Morgan fingerprint density at radius 2 is 1.92 bits per heavy atom. The fourth-order valence-corrected chi connectivity index (χ4v) is 4.03. The average Bonchev–Trinajstić information content (AvgIpc) is 2.91. The lowest BCUT2D eigenvalue weighted by Gasteiger charge is -2.16. The van der Waals surface area contributed by atoms with Crippen molar-refractivity contribution in [3.63, 3.8) is 0 Å². The fraction of sp³-hybridized carbons (Fsp3) is 0.286. The Bertz CT molecular complexity index is 879. The van der Waals surface area contributed by atoms with Gasteiger partial charge in [-0.05, 0) is 26.0 Å². The molecule has 1 aromatic heterocycles. The van der Waals surface area contributed by atoms with E-state index in [2.05, 4.69) is 10.3 Å². The number of halogens is 3. The van der Waals surface area contributed by atoms with E-state index in [1.54, 1.807) is 12.3 Å². The molecule has 25 heavy (non-hydrogen) atoms. The van der Waals surface area contributed by atoms with Gasteiger partial charge in [0, 0.05) is 5.38 Å². The highest BCUT2D eigenvalue weighted by atomic mass is 32.2. The van der Waals surface area contributed by atoms with E-state index in [1.807, 2.05) is 4.72 Å². The third-order valence-electron chi connectivity index (χ3n) is 3.06. The number of hydrogen-bond donors (Lipinski definition) is 2. The zero-order valence-electron chi connectivity index (χ0n) is 13.1. The molecule has 1 amide bonds. The molecule has 0 saturated heterocycles. The minimum absolute atomic E-state index is 0.268. The van der Waals surface area contributed by atoms with Crippen molar-refractivity contribution in [3.05, 3.63) is 40.9 Å². The van der Waals surface area contributed by atoms with Crippen LogP contribution in [0.3, 0.4) is 0 Å². The summed E-state index contributed by atoms with van der Waals surface area (Å²) < 4.78 is 65.4. The van der Waals surface area contributed by atoms with Crippen LogP contribution in [-0.4, -0.2) is 25.4 Å². The van der Waals surface area contributed by atoms with Crippen molar-refractivity contribution >= 4 is 32.4 Å². The summed E-state index contributed by atoms with van der Waals surface area (Å²) in [5, 5.41) is 4.35. The van der Waals surface area contributed by atoms with E-state index in [-0.39, 0.29) is 5.13 Å². The number of nitrogens with zero attached hydrogens (tertiary/aromatic N) is 1. The summed E-state index contributed by atoms with van der Waals surface area (Å²) in [7, 11) is -4.55. The van der Waals surface area contributed by atoms with Crippen molar-refractivity contribution in [1.82, 2.24) is 9.71 Å². The normalized spacial score (nSPS) is 13.5. The summed E-state index contributed by atoms with van der Waals surface area (Å²) in [5.74, 6) is -0.734. The number of amides is 1. The first kappa shape index (κ1) is 19.3. The van der Waals surface area contributed by atoms with Crippen LogP contribution in [0.1, 0.15) is 18.2 Å². The third-order valence-corrected chi connectivity index (χ3v) is 5.53.